The average Bonchev–Trinajstić information content (AvgIpc) is 2.56. The van der Waals surface area contributed by atoms with Crippen molar-refractivity contribution >= 4 is 5.71 Å². The summed E-state index contributed by atoms with van der Waals surface area (Å²) < 4.78 is 26.7. The highest BCUT2D eigenvalue weighted by Gasteiger charge is 2.30. The monoisotopic (exact) mass is 306 g/mol. The highest BCUT2D eigenvalue weighted by atomic mass is 19.3. The predicted octanol–water partition coefficient (Wildman–Crippen LogP) is 3.88. The van der Waals surface area contributed by atoms with E-state index in [0.29, 0.717) is 18.0 Å². The fourth-order valence-corrected chi connectivity index (χ4v) is 2.81. The van der Waals surface area contributed by atoms with Gasteiger partial charge >= 0.3 is 0 Å². The Hall–Kier alpha value is -2.17. The summed E-state index contributed by atoms with van der Waals surface area (Å²) in [6, 6.07) is 0. The molecule has 2 aliphatic carbocycles. The Morgan fingerprint density at radius 2 is 2.23 bits per heavy atom. The number of hydrogen-bond acceptors (Lipinski definition) is 3. The zero-order chi connectivity index (χ0) is 16.3. The molecule has 2 rings (SSSR count). The molecule has 0 bridgehead atoms. The van der Waals surface area contributed by atoms with Gasteiger partial charge in [-0.3, -0.25) is 9.93 Å². The van der Waals surface area contributed by atoms with E-state index < -0.39 is 6.17 Å². The van der Waals surface area contributed by atoms with Gasteiger partial charge in [0.15, 0.2) is 11.9 Å². The van der Waals surface area contributed by atoms with Crippen LogP contribution in [0, 0.1) is 5.92 Å². The van der Waals surface area contributed by atoms with Gasteiger partial charge in [0.25, 0.3) is 0 Å². The summed E-state index contributed by atoms with van der Waals surface area (Å²) in [5.74, 6) is 0.145. The van der Waals surface area contributed by atoms with Crippen molar-refractivity contribution in [3.8, 4) is 0 Å². The molecule has 0 radical (unpaired) electrons. The molecule has 2 atom stereocenters. The van der Waals surface area contributed by atoms with Crippen LogP contribution in [0.15, 0.2) is 64.6 Å². The van der Waals surface area contributed by atoms with Crippen LogP contribution < -0.4 is 5.73 Å². The molecule has 1 saturated carbocycles. The van der Waals surface area contributed by atoms with Crippen LogP contribution in [0.1, 0.15) is 19.3 Å². The first-order valence-electron chi connectivity index (χ1n) is 7.14. The van der Waals surface area contributed by atoms with E-state index in [1.807, 2.05) is 6.08 Å². The van der Waals surface area contributed by atoms with E-state index in [4.69, 9.17) is 5.73 Å². The summed E-state index contributed by atoms with van der Waals surface area (Å²) in [6.45, 7) is 7.33. The minimum absolute atomic E-state index is 0.0710. The Bertz CT molecular complexity index is 614. The number of hydrogen-bond donors (Lipinski definition) is 1. The quantitative estimate of drug-likeness (QED) is 0.804. The van der Waals surface area contributed by atoms with Gasteiger partial charge in [-0.05, 0) is 42.9 Å². The molecule has 0 aromatic carbocycles. The molecule has 0 aliphatic heterocycles. The summed E-state index contributed by atoms with van der Waals surface area (Å²) in [7, 11) is 1.70. The van der Waals surface area contributed by atoms with E-state index in [0.717, 1.165) is 24.1 Å². The van der Waals surface area contributed by atoms with Gasteiger partial charge in [-0.25, -0.2) is 4.39 Å². The maximum atomic E-state index is 14.4. The van der Waals surface area contributed by atoms with E-state index in [2.05, 4.69) is 23.1 Å². The van der Waals surface area contributed by atoms with Crippen molar-refractivity contribution in [3.63, 3.8) is 0 Å². The lowest BCUT2D eigenvalue weighted by atomic mass is 9.81. The molecule has 0 spiro atoms. The first-order chi connectivity index (χ1) is 10.5. The predicted molar refractivity (Wildman–Crippen MR) is 84.5 cm³/mol. The van der Waals surface area contributed by atoms with Crippen molar-refractivity contribution < 1.29 is 13.9 Å². The normalized spacial score (nSPS) is 29.8. The van der Waals surface area contributed by atoms with Gasteiger partial charge in [-0.1, -0.05) is 12.7 Å². The Morgan fingerprint density at radius 3 is 2.82 bits per heavy atom. The van der Waals surface area contributed by atoms with Crippen LogP contribution in [0.2, 0.25) is 0 Å². The molecule has 2 unspecified atom stereocenters. The summed E-state index contributed by atoms with van der Waals surface area (Å²) >= 11 is 0. The van der Waals surface area contributed by atoms with Gasteiger partial charge in [0.1, 0.15) is 0 Å². The molecule has 2 N–H and O–H groups in total. The van der Waals surface area contributed by atoms with Crippen LogP contribution in [0.5, 0.6) is 0 Å². The van der Waals surface area contributed by atoms with Crippen LogP contribution >= 0.6 is 0 Å². The second-order valence-corrected chi connectivity index (χ2v) is 5.42. The van der Waals surface area contributed by atoms with E-state index in [1.54, 1.807) is 7.05 Å². The molecule has 2 aliphatic rings. The lowest BCUT2D eigenvalue weighted by Crippen LogP contribution is -2.25. The number of halogens is 2. The molecule has 1 fully saturated rings. The second-order valence-electron chi connectivity index (χ2n) is 5.42. The van der Waals surface area contributed by atoms with Gasteiger partial charge in [-0.15, -0.1) is 6.58 Å². The molecular formula is C17H20F2N2O. The van der Waals surface area contributed by atoms with Crippen molar-refractivity contribution in [3.05, 3.63) is 59.6 Å². The maximum absolute atomic E-state index is 14.4. The van der Waals surface area contributed by atoms with Crippen LogP contribution in [0.4, 0.5) is 8.92 Å². The SMILES string of the molecule is C=CC1CCC(=C(N)C2=CC=C(OF)C(=C)C2F)C(=NC)C1. The topological polar surface area (TPSA) is 47.6 Å². The zero-order valence-corrected chi connectivity index (χ0v) is 12.6. The first-order valence-corrected chi connectivity index (χ1v) is 7.14. The highest BCUT2D eigenvalue weighted by molar-refractivity contribution is 6.02. The van der Waals surface area contributed by atoms with Crippen molar-refractivity contribution in [2.24, 2.45) is 16.6 Å². The molecular weight excluding hydrogens is 286 g/mol. The third-order valence-electron chi connectivity index (χ3n) is 4.20. The summed E-state index contributed by atoms with van der Waals surface area (Å²) in [5, 5.41) is 0. The largest absolute Gasteiger partial charge is 0.398 e. The van der Waals surface area contributed by atoms with Crippen molar-refractivity contribution in [2.45, 2.75) is 25.4 Å². The number of rotatable bonds is 3. The van der Waals surface area contributed by atoms with Crippen molar-refractivity contribution in [2.75, 3.05) is 7.05 Å². The Morgan fingerprint density at radius 1 is 1.50 bits per heavy atom. The van der Waals surface area contributed by atoms with E-state index in [1.165, 1.54) is 12.2 Å². The van der Waals surface area contributed by atoms with E-state index >= 15 is 0 Å². The van der Waals surface area contributed by atoms with Crippen LogP contribution in [-0.2, 0) is 4.94 Å². The number of nitrogens with zero attached hydrogens (tertiary/aromatic N) is 1. The third kappa shape index (κ3) is 2.89. The standard InChI is InChI=1S/C17H20F2N2O/c1-4-11-5-6-12(14(9-11)21-3)17(20)13-7-8-15(22-19)10(2)16(13)18/h4,7-8,11,16H,1-2,5-6,9,20H2,3H3. The zero-order valence-electron chi connectivity index (χ0n) is 12.6. The lowest BCUT2D eigenvalue weighted by Gasteiger charge is -2.27. The molecule has 22 heavy (non-hydrogen) atoms. The van der Waals surface area contributed by atoms with Crippen LogP contribution in [0.25, 0.3) is 0 Å². The van der Waals surface area contributed by atoms with Gasteiger partial charge in [0, 0.05) is 34.1 Å². The molecule has 0 heterocycles. The minimum Gasteiger partial charge on any atom is -0.398 e. The lowest BCUT2D eigenvalue weighted by molar-refractivity contribution is -0.0802. The second kappa shape index (κ2) is 6.73. The smallest absolute Gasteiger partial charge is 0.177 e. The third-order valence-corrected chi connectivity index (χ3v) is 4.20. The molecule has 118 valence electrons. The van der Waals surface area contributed by atoms with Crippen LogP contribution in [0.3, 0.4) is 0 Å². The minimum atomic E-state index is -1.58. The molecule has 0 amide bonds. The Balaban J connectivity index is 2.39. The summed E-state index contributed by atoms with van der Waals surface area (Å²) in [6.07, 6.45) is 5.45. The van der Waals surface area contributed by atoms with Crippen LogP contribution in [-0.4, -0.2) is 18.9 Å². The fourth-order valence-electron chi connectivity index (χ4n) is 2.81. The summed E-state index contributed by atoms with van der Waals surface area (Å²) in [4.78, 5) is 7.88. The van der Waals surface area contributed by atoms with Crippen molar-refractivity contribution in [1.29, 1.82) is 0 Å². The number of alkyl halides is 1. The maximum Gasteiger partial charge on any atom is 0.177 e. The van der Waals surface area contributed by atoms with E-state index in [-0.39, 0.29) is 16.9 Å². The Labute approximate surface area is 129 Å². The summed E-state index contributed by atoms with van der Waals surface area (Å²) in [5.41, 5.74) is 8.45. The molecule has 5 heteroatoms. The highest BCUT2D eigenvalue weighted by Crippen LogP contribution is 2.35. The van der Waals surface area contributed by atoms with E-state index in [9.17, 15) is 8.92 Å². The molecule has 0 aromatic heterocycles. The first kappa shape index (κ1) is 16.2. The number of aliphatic imine (C=N–C) groups is 1. The molecule has 3 nitrogen and oxygen atoms in total. The van der Waals surface area contributed by atoms with Gasteiger partial charge < -0.3 is 5.73 Å². The van der Waals surface area contributed by atoms with Gasteiger partial charge in [0.05, 0.1) is 0 Å². The Kier molecular flexibility index (Phi) is 4.96. The fraction of sp³-hybridized carbons (Fsp3) is 0.353. The average molecular weight is 306 g/mol. The van der Waals surface area contributed by atoms with Gasteiger partial charge in [-0.2, -0.15) is 0 Å². The van der Waals surface area contributed by atoms with Crippen molar-refractivity contribution in [1.82, 2.24) is 0 Å². The number of allylic oxidation sites excluding steroid dienone is 6. The number of nitrogens with two attached hydrogens (primary N) is 1. The molecule has 0 aromatic rings. The van der Waals surface area contributed by atoms with Gasteiger partial charge in [0.2, 0.25) is 0 Å². The molecule has 0 saturated heterocycles.